The van der Waals surface area contributed by atoms with Crippen LogP contribution in [0.5, 0.6) is 5.75 Å². The van der Waals surface area contributed by atoms with E-state index in [-0.39, 0.29) is 40.8 Å². The second-order valence-corrected chi connectivity index (χ2v) is 9.10. The predicted octanol–water partition coefficient (Wildman–Crippen LogP) is 5.50. The number of ether oxygens (including phenoxy) is 1. The molecule has 1 amide bonds. The quantitative estimate of drug-likeness (QED) is 0.580. The van der Waals surface area contributed by atoms with Gasteiger partial charge in [0.1, 0.15) is 11.6 Å². The molecule has 0 saturated heterocycles. The van der Waals surface area contributed by atoms with Gasteiger partial charge < -0.3 is 15.0 Å². The number of aromatic nitrogens is 2. The number of halogens is 5. The monoisotopic (exact) mass is 474 g/mol. The van der Waals surface area contributed by atoms with Gasteiger partial charge >= 0.3 is 6.36 Å². The highest BCUT2D eigenvalue weighted by Gasteiger charge is 2.31. The van der Waals surface area contributed by atoms with Gasteiger partial charge in [-0.3, -0.25) is 4.79 Å². The molecule has 0 atom stereocenters. The average molecular weight is 475 g/mol. The smallest absolute Gasteiger partial charge is 0.406 e. The number of alkyl halides is 3. The Labute approximate surface area is 187 Å². The average Bonchev–Trinajstić information content (AvgIpc) is 2.62. The zero-order valence-corrected chi connectivity index (χ0v) is 18.6. The second kappa shape index (κ2) is 9.09. The lowest BCUT2D eigenvalue weighted by Gasteiger charge is -2.30. The highest BCUT2D eigenvalue weighted by molar-refractivity contribution is 6.32. The van der Waals surface area contributed by atoms with Crippen molar-refractivity contribution < 1.29 is 27.1 Å². The van der Waals surface area contributed by atoms with Gasteiger partial charge in [0.05, 0.1) is 5.69 Å². The Balaban J connectivity index is 1.78. The number of rotatable bonds is 5. The highest BCUT2D eigenvalue weighted by atomic mass is 35.5. The molecule has 6 nitrogen and oxygen atoms in total. The van der Waals surface area contributed by atoms with E-state index in [1.807, 2.05) is 20.8 Å². The lowest BCUT2D eigenvalue weighted by atomic mass is 9.92. The van der Waals surface area contributed by atoms with E-state index >= 15 is 0 Å². The number of hydrogen-bond acceptors (Lipinski definition) is 5. The molecule has 1 aromatic carbocycles. The predicted molar refractivity (Wildman–Crippen MR) is 112 cm³/mol. The number of carbonyl (C=O) groups is 1. The molecule has 1 aromatic heterocycles. The maximum absolute atomic E-state index is 14.4. The Morgan fingerprint density at radius 2 is 1.97 bits per heavy atom. The summed E-state index contributed by atoms with van der Waals surface area (Å²) in [6, 6.07) is 2.99. The molecule has 2 aromatic rings. The second-order valence-electron chi connectivity index (χ2n) is 8.75. The molecular formula is C21H23ClF4N4O2. The number of carbonyl (C=O) groups excluding carboxylic acids is 1. The van der Waals surface area contributed by atoms with Gasteiger partial charge in [-0.2, -0.15) is 0 Å². The van der Waals surface area contributed by atoms with Crippen LogP contribution in [0.2, 0.25) is 5.15 Å². The number of hydrogen-bond donors (Lipinski definition) is 1. The van der Waals surface area contributed by atoms with Gasteiger partial charge in [0.25, 0.3) is 0 Å². The van der Waals surface area contributed by atoms with Crippen LogP contribution >= 0.6 is 11.6 Å². The fourth-order valence-electron chi connectivity index (χ4n) is 3.36. The molecule has 32 heavy (non-hydrogen) atoms. The van der Waals surface area contributed by atoms with Crippen molar-refractivity contribution in [3.05, 3.63) is 40.4 Å². The number of anilines is 2. The van der Waals surface area contributed by atoms with Gasteiger partial charge in [-0.25, -0.2) is 14.4 Å². The van der Waals surface area contributed by atoms with Gasteiger partial charge in [-0.1, -0.05) is 38.4 Å². The van der Waals surface area contributed by atoms with Crippen LogP contribution in [0.15, 0.2) is 18.2 Å². The highest BCUT2D eigenvalue weighted by Crippen LogP contribution is 2.32. The maximum atomic E-state index is 14.4. The van der Waals surface area contributed by atoms with Crippen molar-refractivity contribution in [3.63, 3.8) is 0 Å². The lowest BCUT2D eigenvalue weighted by molar-refractivity contribution is -0.274. The van der Waals surface area contributed by atoms with Crippen molar-refractivity contribution in [1.82, 2.24) is 9.97 Å². The Morgan fingerprint density at radius 1 is 1.25 bits per heavy atom. The molecule has 0 aliphatic carbocycles. The number of amides is 1. The molecule has 0 radical (unpaired) electrons. The summed E-state index contributed by atoms with van der Waals surface area (Å²) in [7, 11) is 0. The standard InChI is InChI=1S/C21H23ClF4N4O2/c1-20(2,3)10-16(31)28-18-17(22)29-19-15(27-18)5-4-8-30(19)11-12-6-7-13(9-14(12)23)32-21(24,25)26/h6-7,9H,4-5,8,10-11H2,1-3H3,(H,27,28,31). The van der Waals surface area contributed by atoms with Crippen LogP contribution in [-0.4, -0.2) is 28.8 Å². The first-order chi connectivity index (χ1) is 14.8. The molecule has 0 fully saturated rings. The third-order valence-electron chi connectivity index (χ3n) is 4.61. The zero-order valence-electron chi connectivity index (χ0n) is 17.8. The third-order valence-corrected chi connectivity index (χ3v) is 4.88. The van der Waals surface area contributed by atoms with Crippen molar-refractivity contribution in [2.45, 2.75) is 52.9 Å². The molecule has 3 rings (SSSR count). The Hall–Kier alpha value is -2.62. The maximum Gasteiger partial charge on any atom is 0.573 e. The number of nitrogens with one attached hydrogen (secondary N) is 1. The van der Waals surface area contributed by atoms with Crippen LogP contribution in [-0.2, 0) is 17.8 Å². The fraction of sp³-hybridized carbons (Fsp3) is 0.476. The minimum Gasteiger partial charge on any atom is -0.406 e. The molecule has 1 N–H and O–H groups in total. The number of aryl methyl sites for hydroxylation is 1. The van der Waals surface area contributed by atoms with Gasteiger partial charge in [0.15, 0.2) is 16.8 Å². The van der Waals surface area contributed by atoms with E-state index in [0.717, 1.165) is 6.07 Å². The summed E-state index contributed by atoms with van der Waals surface area (Å²) in [6.07, 6.45) is -3.32. The van der Waals surface area contributed by atoms with Crippen LogP contribution in [0.1, 0.15) is 44.9 Å². The van der Waals surface area contributed by atoms with Crippen LogP contribution in [0.3, 0.4) is 0 Å². The summed E-state index contributed by atoms with van der Waals surface area (Å²) in [5.41, 5.74) is 0.566. The molecule has 0 unspecified atom stereocenters. The van der Waals surface area contributed by atoms with E-state index in [4.69, 9.17) is 11.6 Å². The van der Waals surface area contributed by atoms with Gasteiger partial charge in [-0.15, -0.1) is 13.2 Å². The van der Waals surface area contributed by atoms with Crippen LogP contribution in [0, 0.1) is 11.2 Å². The zero-order chi connectivity index (χ0) is 23.7. The fourth-order valence-corrected chi connectivity index (χ4v) is 3.53. The molecule has 1 aliphatic rings. The number of fused-ring (bicyclic) bond motifs is 1. The SMILES string of the molecule is CC(C)(C)CC(=O)Nc1nc2c(nc1Cl)N(Cc1ccc(OC(F)(F)F)cc1F)CCC2. The molecule has 0 spiro atoms. The van der Waals surface area contributed by atoms with Crippen molar-refractivity contribution in [2.24, 2.45) is 5.41 Å². The minimum absolute atomic E-state index is 0.00677. The molecule has 2 heterocycles. The Kier molecular flexibility index (Phi) is 6.83. The van der Waals surface area contributed by atoms with Crippen molar-refractivity contribution in [2.75, 3.05) is 16.8 Å². The minimum atomic E-state index is -4.90. The molecule has 0 bridgehead atoms. The molecular weight excluding hydrogens is 452 g/mol. The molecule has 174 valence electrons. The van der Waals surface area contributed by atoms with E-state index in [9.17, 15) is 22.4 Å². The van der Waals surface area contributed by atoms with Crippen molar-refractivity contribution >= 4 is 29.1 Å². The lowest BCUT2D eigenvalue weighted by Crippen LogP contribution is -2.31. The summed E-state index contributed by atoms with van der Waals surface area (Å²) >= 11 is 6.25. The molecule has 11 heteroatoms. The summed E-state index contributed by atoms with van der Waals surface area (Å²) in [4.78, 5) is 22.8. The summed E-state index contributed by atoms with van der Waals surface area (Å²) < 4.78 is 55.1. The van der Waals surface area contributed by atoms with Gasteiger partial charge in [0.2, 0.25) is 5.91 Å². The van der Waals surface area contributed by atoms with Crippen molar-refractivity contribution in [1.29, 1.82) is 0 Å². The van der Waals surface area contributed by atoms with Crippen LogP contribution in [0.4, 0.5) is 29.2 Å². The van der Waals surface area contributed by atoms with Crippen LogP contribution < -0.4 is 15.0 Å². The normalized spacial score (nSPS) is 14.2. The first-order valence-corrected chi connectivity index (χ1v) is 10.3. The number of nitrogens with zero attached hydrogens (tertiary/aromatic N) is 3. The molecule has 0 saturated carbocycles. The number of benzene rings is 1. The van der Waals surface area contributed by atoms with E-state index in [1.54, 1.807) is 4.90 Å². The van der Waals surface area contributed by atoms with Crippen LogP contribution in [0.25, 0.3) is 0 Å². The topological polar surface area (TPSA) is 67.4 Å². The Morgan fingerprint density at radius 3 is 2.59 bits per heavy atom. The van der Waals surface area contributed by atoms with Gasteiger partial charge in [-0.05, 0) is 24.3 Å². The van der Waals surface area contributed by atoms with E-state index in [0.29, 0.717) is 37.0 Å². The van der Waals surface area contributed by atoms with Crippen molar-refractivity contribution in [3.8, 4) is 5.75 Å². The summed E-state index contributed by atoms with van der Waals surface area (Å²) in [5.74, 6) is -1.07. The summed E-state index contributed by atoms with van der Waals surface area (Å²) in [6.45, 7) is 6.41. The van der Waals surface area contributed by atoms with E-state index < -0.39 is 17.9 Å². The van der Waals surface area contributed by atoms with E-state index in [2.05, 4.69) is 20.0 Å². The first-order valence-electron chi connectivity index (χ1n) is 9.96. The third kappa shape index (κ3) is 6.44. The van der Waals surface area contributed by atoms with Gasteiger partial charge in [0, 0.05) is 31.1 Å². The Bertz CT molecular complexity index is 1010. The first kappa shape index (κ1) is 24.0. The largest absolute Gasteiger partial charge is 0.573 e. The van der Waals surface area contributed by atoms with E-state index in [1.165, 1.54) is 6.07 Å². The summed E-state index contributed by atoms with van der Waals surface area (Å²) in [5, 5.41) is 2.69. The molecule has 1 aliphatic heterocycles.